The maximum Gasteiger partial charge on any atom is 0.254 e. The van der Waals surface area contributed by atoms with Gasteiger partial charge in [0.15, 0.2) is 0 Å². The fourth-order valence-electron chi connectivity index (χ4n) is 3.51. The molecule has 1 fully saturated rings. The third kappa shape index (κ3) is 4.27. The SMILES string of the molecule is CCSc1ccccc1C(=O)N1CCC(Cn2ccnc2CC)CC1. The van der Waals surface area contributed by atoms with Gasteiger partial charge < -0.3 is 9.47 Å². The number of hydrogen-bond donors (Lipinski definition) is 0. The van der Waals surface area contributed by atoms with Gasteiger partial charge in [-0.05, 0) is 36.6 Å². The van der Waals surface area contributed by atoms with Crippen molar-refractivity contribution < 1.29 is 4.79 Å². The first kappa shape index (κ1) is 18.1. The number of likely N-dealkylation sites (tertiary alicyclic amines) is 1. The van der Waals surface area contributed by atoms with Crippen molar-refractivity contribution in [3.05, 3.63) is 48.0 Å². The second-order valence-corrected chi connectivity index (χ2v) is 7.82. The Bertz CT molecular complexity index is 704. The summed E-state index contributed by atoms with van der Waals surface area (Å²) in [6, 6.07) is 7.99. The van der Waals surface area contributed by atoms with Crippen LogP contribution in [0.15, 0.2) is 41.6 Å². The Labute approximate surface area is 154 Å². The molecule has 1 aliphatic rings. The molecular weight excluding hydrogens is 330 g/mol. The van der Waals surface area contributed by atoms with Crippen molar-refractivity contribution in [3.63, 3.8) is 0 Å². The Kier molecular flexibility index (Phi) is 6.19. The summed E-state index contributed by atoms with van der Waals surface area (Å²) >= 11 is 1.74. The normalized spacial score (nSPS) is 15.5. The average Bonchev–Trinajstić information content (AvgIpc) is 3.10. The minimum atomic E-state index is 0.187. The fourth-order valence-corrected chi connectivity index (χ4v) is 4.31. The van der Waals surface area contributed by atoms with Gasteiger partial charge in [0, 0.05) is 43.3 Å². The molecule has 134 valence electrons. The molecule has 1 aromatic heterocycles. The van der Waals surface area contributed by atoms with Crippen molar-refractivity contribution in [2.24, 2.45) is 5.92 Å². The number of imidazole rings is 1. The molecule has 1 saturated heterocycles. The molecule has 5 heteroatoms. The highest BCUT2D eigenvalue weighted by atomic mass is 32.2. The van der Waals surface area contributed by atoms with E-state index in [-0.39, 0.29) is 5.91 Å². The lowest BCUT2D eigenvalue weighted by molar-refractivity contribution is 0.0679. The van der Waals surface area contributed by atoms with Gasteiger partial charge in [-0.15, -0.1) is 11.8 Å². The van der Waals surface area contributed by atoms with Gasteiger partial charge in [0.05, 0.1) is 5.56 Å². The van der Waals surface area contributed by atoms with Crippen LogP contribution in [0.25, 0.3) is 0 Å². The molecule has 3 rings (SSSR count). The van der Waals surface area contributed by atoms with Crippen molar-refractivity contribution in [1.29, 1.82) is 0 Å². The second kappa shape index (κ2) is 8.56. The van der Waals surface area contributed by atoms with Gasteiger partial charge in [-0.1, -0.05) is 26.0 Å². The van der Waals surface area contributed by atoms with E-state index >= 15 is 0 Å². The number of amides is 1. The summed E-state index contributed by atoms with van der Waals surface area (Å²) in [5.41, 5.74) is 0.857. The zero-order valence-electron chi connectivity index (χ0n) is 15.1. The minimum absolute atomic E-state index is 0.187. The van der Waals surface area contributed by atoms with E-state index in [1.54, 1.807) is 11.8 Å². The van der Waals surface area contributed by atoms with Crippen molar-refractivity contribution in [1.82, 2.24) is 14.5 Å². The predicted octanol–water partition coefficient (Wildman–Crippen LogP) is 4.11. The zero-order valence-corrected chi connectivity index (χ0v) is 16.0. The topological polar surface area (TPSA) is 38.1 Å². The van der Waals surface area contributed by atoms with E-state index in [1.165, 1.54) is 0 Å². The minimum Gasteiger partial charge on any atom is -0.339 e. The Morgan fingerprint density at radius 3 is 2.72 bits per heavy atom. The molecule has 0 radical (unpaired) electrons. The van der Waals surface area contributed by atoms with E-state index in [2.05, 4.69) is 35.7 Å². The van der Waals surface area contributed by atoms with Crippen molar-refractivity contribution in [3.8, 4) is 0 Å². The van der Waals surface area contributed by atoms with Crippen LogP contribution in [0.4, 0.5) is 0 Å². The molecule has 2 heterocycles. The Balaban J connectivity index is 1.59. The van der Waals surface area contributed by atoms with E-state index < -0.39 is 0 Å². The zero-order chi connectivity index (χ0) is 17.6. The number of carbonyl (C=O) groups excluding carboxylic acids is 1. The van der Waals surface area contributed by atoms with Crippen LogP contribution in [0.5, 0.6) is 0 Å². The largest absolute Gasteiger partial charge is 0.339 e. The smallest absolute Gasteiger partial charge is 0.254 e. The van der Waals surface area contributed by atoms with Gasteiger partial charge in [-0.3, -0.25) is 4.79 Å². The number of carbonyl (C=O) groups is 1. The van der Waals surface area contributed by atoms with E-state index in [0.29, 0.717) is 5.92 Å². The van der Waals surface area contributed by atoms with Gasteiger partial charge in [0.1, 0.15) is 5.82 Å². The van der Waals surface area contributed by atoms with Gasteiger partial charge in [0.25, 0.3) is 5.91 Å². The van der Waals surface area contributed by atoms with Crippen LogP contribution in [-0.2, 0) is 13.0 Å². The molecule has 0 saturated carbocycles. The molecule has 25 heavy (non-hydrogen) atoms. The number of piperidine rings is 1. The van der Waals surface area contributed by atoms with Crippen LogP contribution in [0.3, 0.4) is 0 Å². The highest BCUT2D eigenvalue weighted by Crippen LogP contribution is 2.26. The van der Waals surface area contributed by atoms with Crippen LogP contribution in [0.1, 0.15) is 42.9 Å². The fraction of sp³-hybridized carbons (Fsp3) is 0.500. The highest BCUT2D eigenvalue weighted by Gasteiger charge is 2.25. The summed E-state index contributed by atoms with van der Waals surface area (Å²) in [4.78, 5) is 20.5. The molecular formula is C20H27N3OS. The van der Waals surface area contributed by atoms with Crippen LogP contribution in [0.2, 0.25) is 0 Å². The summed E-state index contributed by atoms with van der Waals surface area (Å²) in [5, 5.41) is 0. The molecule has 0 N–H and O–H groups in total. The molecule has 1 aliphatic heterocycles. The number of thioether (sulfide) groups is 1. The number of rotatable bonds is 6. The van der Waals surface area contributed by atoms with Crippen molar-refractivity contribution in [2.45, 2.75) is 44.6 Å². The second-order valence-electron chi connectivity index (χ2n) is 6.51. The maximum absolute atomic E-state index is 12.9. The quantitative estimate of drug-likeness (QED) is 0.730. The summed E-state index contributed by atoms with van der Waals surface area (Å²) in [6.45, 7) is 6.99. The highest BCUT2D eigenvalue weighted by molar-refractivity contribution is 7.99. The van der Waals surface area contributed by atoms with E-state index in [1.807, 2.05) is 29.3 Å². The van der Waals surface area contributed by atoms with Gasteiger partial charge >= 0.3 is 0 Å². The first-order valence-corrected chi connectivity index (χ1v) is 10.2. The number of hydrogen-bond acceptors (Lipinski definition) is 3. The van der Waals surface area contributed by atoms with Crippen LogP contribution in [-0.4, -0.2) is 39.2 Å². The summed E-state index contributed by atoms with van der Waals surface area (Å²) in [6.07, 6.45) is 7.07. The van der Waals surface area contributed by atoms with Gasteiger partial charge in [-0.25, -0.2) is 4.98 Å². The molecule has 0 aliphatic carbocycles. The molecule has 0 atom stereocenters. The molecule has 4 nitrogen and oxygen atoms in total. The average molecular weight is 358 g/mol. The molecule has 0 unspecified atom stereocenters. The number of nitrogens with zero attached hydrogens (tertiary/aromatic N) is 3. The lowest BCUT2D eigenvalue weighted by atomic mass is 9.96. The molecule has 0 spiro atoms. The molecule has 1 aromatic carbocycles. The monoisotopic (exact) mass is 357 g/mol. The maximum atomic E-state index is 12.9. The summed E-state index contributed by atoms with van der Waals surface area (Å²) < 4.78 is 2.27. The van der Waals surface area contributed by atoms with Crippen molar-refractivity contribution in [2.75, 3.05) is 18.8 Å². The Hall–Kier alpha value is -1.75. The van der Waals surface area contributed by atoms with Crippen LogP contribution >= 0.6 is 11.8 Å². The standard InChI is InChI=1S/C20H27N3OS/c1-3-19-21-11-14-23(19)15-16-9-12-22(13-10-16)20(24)17-7-5-6-8-18(17)25-4-2/h5-8,11,14,16H,3-4,9-10,12-13,15H2,1-2H3. The molecule has 1 amide bonds. The lowest BCUT2D eigenvalue weighted by Gasteiger charge is -2.32. The van der Waals surface area contributed by atoms with E-state index in [4.69, 9.17) is 0 Å². The Morgan fingerprint density at radius 1 is 1.24 bits per heavy atom. The first-order chi connectivity index (χ1) is 12.2. The van der Waals surface area contributed by atoms with Gasteiger partial charge in [-0.2, -0.15) is 0 Å². The van der Waals surface area contributed by atoms with Crippen LogP contribution in [0, 0.1) is 5.92 Å². The first-order valence-electron chi connectivity index (χ1n) is 9.24. The number of benzene rings is 1. The summed E-state index contributed by atoms with van der Waals surface area (Å²) in [7, 11) is 0. The van der Waals surface area contributed by atoms with E-state index in [9.17, 15) is 4.79 Å². The Morgan fingerprint density at radius 2 is 2.00 bits per heavy atom. The third-order valence-corrected chi connectivity index (χ3v) is 5.85. The third-order valence-electron chi connectivity index (χ3n) is 4.89. The van der Waals surface area contributed by atoms with E-state index in [0.717, 1.165) is 60.9 Å². The molecule has 2 aromatic rings. The van der Waals surface area contributed by atoms with Gasteiger partial charge in [0.2, 0.25) is 0 Å². The number of aromatic nitrogens is 2. The van der Waals surface area contributed by atoms with Crippen LogP contribution < -0.4 is 0 Å². The number of aryl methyl sites for hydroxylation is 1. The van der Waals surface area contributed by atoms with Crippen molar-refractivity contribution >= 4 is 17.7 Å². The molecule has 0 bridgehead atoms. The summed E-state index contributed by atoms with van der Waals surface area (Å²) in [5.74, 6) is 2.96. The predicted molar refractivity (Wildman–Crippen MR) is 103 cm³/mol. The lowest BCUT2D eigenvalue weighted by Crippen LogP contribution is -2.39.